The molecule has 0 unspecified atom stereocenters. The van der Waals surface area contributed by atoms with Crippen LogP contribution < -0.4 is 15.2 Å². The number of anilines is 1. The van der Waals surface area contributed by atoms with Gasteiger partial charge < -0.3 is 15.2 Å². The highest BCUT2D eigenvalue weighted by atomic mass is 16.5. The molecule has 0 fully saturated rings. The van der Waals surface area contributed by atoms with Crippen LogP contribution in [-0.4, -0.2) is 13.2 Å². The summed E-state index contributed by atoms with van der Waals surface area (Å²) in [4.78, 5) is 0. The molecule has 0 aliphatic carbocycles. The summed E-state index contributed by atoms with van der Waals surface area (Å²) in [6.07, 6.45) is 0. The molecule has 2 aromatic rings. The van der Waals surface area contributed by atoms with Crippen LogP contribution in [0.3, 0.4) is 0 Å². The first kappa shape index (κ1) is 16.2. The Labute approximate surface area is 133 Å². The second-order valence-electron chi connectivity index (χ2n) is 6.50. The summed E-state index contributed by atoms with van der Waals surface area (Å²) < 4.78 is 11.4. The third-order valence-electron chi connectivity index (χ3n) is 3.54. The highest BCUT2D eigenvalue weighted by molar-refractivity contribution is 5.47. The average molecular weight is 299 g/mol. The zero-order valence-corrected chi connectivity index (χ0v) is 13.8. The molecule has 0 saturated heterocycles. The lowest BCUT2D eigenvalue weighted by Gasteiger charge is -2.19. The van der Waals surface area contributed by atoms with Gasteiger partial charge in [-0.1, -0.05) is 39.0 Å². The summed E-state index contributed by atoms with van der Waals surface area (Å²) in [5, 5.41) is 0. The van der Waals surface area contributed by atoms with Crippen molar-refractivity contribution in [3.63, 3.8) is 0 Å². The molecule has 0 bridgehead atoms. The zero-order valence-electron chi connectivity index (χ0n) is 13.8. The van der Waals surface area contributed by atoms with E-state index in [9.17, 15) is 0 Å². The highest BCUT2D eigenvalue weighted by Gasteiger charge is 2.12. The van der Waals surface area contributed by atoms with E-state index in [-0.39, 0.29) is 5.41 Å². The first-order valence-electron chi connectivity index (χ1n) is 7.58. The van der Waals surface area contributed by atoms with Crippen molar-refractivity contribution < 1.29 is 9.47 Å². The molecule has 0 spiro atoms. The van der Waals surface area contributed by atoms with E-state index in [4.69, 9.17) is 15.2 Å². The Hall–Kier alpha value is -2.16. The predicted molar refractivity (Wildman–Crippen MR) is 91.7 cm³/mol. The van der Waals surface area contributed by atoms with E-state index >= 15 is 0 Å². The Morgan fingerprint density at radius 2 is 1.55 bits per heavy atom. The van der Waals surface area contributed by atoms with Gasteiger partial charge in [-0.3, -0.25) is 0 Å². The molecule has 0 aliphatic rings. The number of aryl methyl sites for hydroxylation is 1. The maximum Gasteiger partial charge on any atom is 0.124 e. The SMILES string of the molecule is Cc1ccc(N)cc1OCCOc1ccc(C(C)(C)C)cc1. The highest BCUT2D eigenvalue weighted by Crippen LogP contribution is 2.24. The van der Waals surface area contributed by atoms with E-state index in [1.165, 1.54) is 5.56 Å². The van der Waals surface area contributed by atoms with Gasteiger partial charge in [0.25, 0.3) is 0 Å². The molecule has 22 heavy (non-hydrogen) atoms. The van der Waals surface area contributed by atoms with Gasteiger partial charge in [0, 0.05) is 11.8 Å². The number of nitrogen functional groups attached to an aromatic ring is 1. The number of rotatable bonds is 5. The maximum atomic E-state index is 5.76. The molecular weight excluding hydrogens is 274 g/mol. The molecule has 2 rings (SSSR count). The van der Waals surface area contributed by atoms with Crippen molar-refractivity contribution in [2.45, 2.75) is 33.1 Å². The molecule has 0 saturated carbocycles. The zero-order chi connectivity index (χ0) is 16.2. The molecule has 0 aliphatic heterocycles. The fraction of sp³-hybridized carbons (Fsp3) is 0.368. The van der Waals surface area contributed by atoms with Gasteiger partial charge in [-0.05, 0) is 41.7 Å². The molecular formula is C19H25NO2. The molecule has 2 N–H and O–H groups in total. The molecule has 3 heteroatoms. The third kappa shape index (κ3) is 4.42. The Bertz CT molecular complexity index is 612. The molecule has 0 atom stereocenters. The molecule has 0 heterocycles. The van der Waals surface area contributed by atoms with Gasteiger partial charge in [0.2, 0.25) is 0 Å². The van der Waals surface area contributed by atoms with E-state index in [1.54, 1.807) is 0 Å². The summed E-state index contributed by atoms with van der Waals surface area (Å²) >= 11 is 0. The van der Waals surface area contributed by atoms with Crippen LogP contribution in [0.1, 0.15) is 31.9 Å². The van der Waals surface area contributed by atoms with Gasteiger partial charge >= 0.3 is 0 Å². The second-order valence-corrected chi connectivity index (χ2v) is 6.50. The fourth-order valence-corrected chi connectivity index (χ4v) is 2.13. The summed E-state index contributed by atoms with van der Waals surface area (Å²) in [6.45, 7) is 9.59. The average Bonchev–Trinajstić information content (AvgIpc) is 2.46. The van der Waals surface area contributed by atoms with Crippen LogP contribution in [0, 0.1) is 6.92 Å². The van der Waals surface area contributed by atoms with Crippen molar-refractivity contribution in [2.75, 3.05) is 18.9 Å². The van der Waals surface area contributed by atoms with Crippen LogP contribution in [0.25, 0.3) is 0 Å². The topological polar surface area (TPSA) is 44.5 Å². The Morgan fingerprint density at radius 3 is 2.18 bits per heavy atom. The number of hydrogen-bond donors (Lipinski definition) is 1. The Kier molecular flexibility index (Phi) is 4.96. The summed E-state index contributed by atoms with van der Waals surface area (Å²) in [5.41, 5.74) is 9.00. The Morgan fingerprint density at radius 1 is 0.909 bits per heavy atom. The lowest BCUT2D eigenvalue weighted by atomic mass is 9.87. The van der Waals surface area contributed by atoms with Crippen LogP contribution in [0.5, 0.6) is 11.5 Å². The van der Waals surface area contributed by atoms with Crippen LogP contribution in [0.4, 0.5) is 5.69 Å². The summed E-state index contributed by atoms with van der Waals surface area (Å²) in [7, 11) is 0. The second kappa shape index (κ2) is 6.73. The minimum atomic E-state index is 0.159. The van der Waals surface area contributed by atoms with Gasteiger partial charge in [0.1, 0.15) is 24.7 Å². The largest absolute Gasteiger partial charge is 0.490 e. The monoisotopic (exact) mass is 299 g/mol. The minimum Gasteiger partial charge on any atom is -0.490 e. The van der Waals surface area contributed by atoms with Crippen molar-refractivity contribution in [3.8, 4) is 11.5 Å². The van der Waals surface area contributed by atoms with Crippen molar-refractivity contribution >= 4 is 5.69 Å². The van der Waals surface area contributed by atoms with E-state index in [1.807, 2.05) is 37.3 Å². The first-order chi connectivity index (χ1) is 10.4. The standard InChI is InChI=1S/C19H25NO2/c1-14-5-8-16(20)13-18(14)22-12-11-21-17-9-6-15(7-10-17)19(2,3)4/h5-10,13H,11-12,20H2,1-4H3. The van der Waals surface area contributed by atoms with E-state index in [0.717, 1.165) is 17.1 Å². The molecule has 0 radical (unpaired) electrons. The van der Waals surface area contributed by atoms with Crippen LogP contribution in [0.15, 0.2) is 42.5 Å². The first-order valence-corrected chi connectivity index (χ1v) is 7.58. The summed E-state index contributed by atoms with van der Waals surface area (Å²) in [6, 6.07) is 13.9. The number of hydrogen-bond acceptors (Lipinski definition) is 3. The normalized spacial score (nSPS) is 11.3. The fourth-order valence-electron chi connectivity index (χ4n) is 2.13. The van der Waals surface area contributed by atoms with Gasteiger partial charge in [0.15, 0.2) is 0 Å². The van der Waals surface area contributed by atoms with Crippen molar-refractivity contribution in [3.05, 3.63) is 53.6 Å². The molecule has 3 nitrogen and oxygen atoms in total. The van der Waals surface area contributed by atoms with Crippen molar-refractivity contribution in [1.82, 2.24) is 0 Å². The lowest BCUT2D eigenvalue weighted by molar-refractivity contribution is 0.216. The van der Waals surface area contributed by atoms with Gasteiger partial charge in [-0.15, -0.1) is 0 Å². The quantitative estimate of drug-likeness (QED) is 0.660. The number of nitrogens with two attached hydrogens (primary N) is 1. The van der Waals surface area contributed by atoms with Crippen molar-refractivity contribution in [1.29, 1.82) is 0 Å². The van der Waals surface area contributed by atoms with E-state index < -0.39 is 0 Å². The van der Waals surface area contributed by atoms with Crippen LogP contribution >= 0.6 is 0 Å². The smallest absolute Gasteiger partial charge is 0.124 e. The van der Waals surface area contributed by atoms with Gasteiger partial charge in [0.05, 0.1) is 0 Å². The third-order valence-corrected chi connectivity index (χ3v) is 3.54. The van der Waals surface area contributed by atoms with Crippen LogP contribution in [-0.2, 0) is 5.41 Å². The lowest BCUT2D eigenvalue weighted by Crippen LogP contribution is -2.12. The minimum absolute atomic E-state index is 0.159. The molecule has 0 amide bonds. The van der Waals surface area contributed by atoms with Crippen LogP contribution in [0.2, 0.25) is 0 Å². The summed E-state index contributed by atoms with van der Waals surface area (Å²) in [5.74, 6) is 1.67. The van der Waals surface area contributed by atoms with E-state index in [0.29, 0.717) is 18.9 Å². The van der Waals surface area contributed by atoms with E-state index in [2.05, 4.69) is 32.9 Å². The van der Waals surface area contributed by atoms with Gasteiger partial charge in [-0.25, -0.2) is 0 Å². The number of benzene rings is 2. The number of ether oxygens (including phenoxy) is 2. The van der Waals surface area contributed by atoms with Crippen molar-refractivity contribution in [2.24, 2.45) is 0 Å². The molecule has 0 aromatic heterocycles. The Balaban J connectivity index is 1.83. The maximum absolute atomic E-state index is 5.76. The van der Waals surface area contributed by atoms with Gasteiger partial charge in [-0.2, -0.15) is 0 Å². The molecule has 118 valence electrons. The predicted octanol–water partition coefficient (Wildman–Crippen LogP) is 4.33. The molecule has 2 aromatic carbocycles.